The molecule has 0 saturated heterocycles. The molecule has 0 aromatic carbocycles. The molecule has 1 aliphatic carbocycles. The Morgan fingerprint density at radius 3 is 2.66 bits per heavy atom. The van der Waals surface area contributed by atoms with Crippen LogP contribution in [0.4, 0.5) is 4.79 Å². The number of rotatable bonds is 6. The predicted molar refractivity (Wildman–Crippen MR) is 99.3 cm³/mol. The molecule has 1 spiro atoms. The SMILES string of the molecule is CCOC(=O)CNC1=C(OC(=O)OCC)C(=O)CC12C(=O)N=C1C(C)=CC=CN12. The molecule has 0 saturated carbocycles. The van der Waals surface area contributed by atoms with E-state index in [0.29, 0.717) is 5.84 Å². The number of carbonyl (C=O) groups excluding carboxylic acids is 4. The van der Waals surface area contributed by atoms with Gasteiger partial charge >= 0.3 is 12.1 Å². The maximum absolute atomic E-state index is 13.0. The first-order valence-electron chi connectivity index (χ1n) is 9.15. The monoisotopic (exact) mass is 403 g/mol. The minimum Gasteiger partial charge on any atom is -0.465 e. The van der Waals surface area contributed by atoms with Crippen LogP contribution in [0.3, 0.4) is 0 Å². The lowest BCUT2D eigenvalue weighted by molar-refractivity contribution is -0.142. The van der Waals surface area contributed by atoms with Gasteiger partial charge in [0.15, 0.2) is 11.3 Å². The van der Waals surface area contributed by atoms with Crippen LogP contribution < -0.4 is 5.32 Å². The summed E-state index contributed by atoms with van der Waals surface area (Å²) in [7, 11) is 0. The van der Waals surface area contributed by atoms with Crippen molar-refractivity contribution in [2.24, 2.45) is 4.99 Å². The van der Waals surface area contributed by atoms with Gasteiger partial charge in [0, 0.05) is 6.20 Å². The third kappa shape index (κ3) is 3.41. The van der Waals surface area contributed by atoms with Gasteiger partial charge in [-0.3, -0.25) is 14.4 Å². The van der Waals surface area contributed by atoms with Crippen LogP contribution >= 0.6 is 0 Å². The van der Waals surface area contributed by atoms with Crippen LogP contribution in [-0.2, 0) is 28.6 Å². The normalized spacial score (nSPS) is 22.5. The molecule has 10 nitrogen and oxygen atoms in total. The first kappa shape index (κ1) is 20.3. The number of allylic oxidation sites excluding steroid dienone is 3. The van der Waals surface area contributed by atoms with E-state index in [4.69, 9.17) is 14.2 Å². The van der Waals surface area contributed by atoms with E-state index in [-0.39, 0.29) is 37.6 Å². The lowest BCUT2D eigenvalue weighted by atomic mass is 9.92. The Bertz CT molecular complexity index is 899. The number of aliphatic imine (C=N–C) groups is 1. The molecule has 1 amide bonds. The number of Topliss-reactive ketones (excluding diaryl/α,β-unsaturated/α-hetero) is 1. The number of hydrogen-bond acceptors (Lipinski definition) is 9. The van der Waals surface area contributed by atoms with E-state index >= 15 is 0 Å². The van der Waals surface area contributed by atoms with E-state index < -0.39 is 29.4 Å². The van der Waals surface area contributed by atoms with Gasteiger partial charge in [-0.15, -0.1) is 0 Å². The van der Waals surface area contributed by atoms with Crippen LogP contribution in [0.15, 0.2) is 40.4 Å². The van der Waals surface area contributed by atoms with Gasteiger partial charge in [0.1, 0.15) is 12.4 Å². The van der Waals surface area contributed by atoms with Crippen LogP contribution in [-0.4, -0.2) is 59.8 Å². The van der Waals surface area contributed by atoms with Crippen molar-refractivity contribution in [2.45, 2.75) is 32.7 Å². The highest BCUT2D eigenvalue weighted by atomic mass is 16.7. The molecule has 0 aromatic heterocycles. The Hall–Kier alpha value is -3.43. The molecule has 2 aliphatic heterocycles. The molecule has 1 N–H and O–H groups in total. The van der Waals surface area contributed by atoms with Gasteiger partial charge in [-0.2, -0.15) is 4.99 Å². The van der Waals surface area contributed by atoms with Gasteiger partial charge in [0.25, 0.3) is 5.91 Å². The highest BCUT2D eigenvalue weighted by Gasteiger charge is 2.60. The molecule has 3 aliphatic rings. The molecule has 1 atom stereocenters. The number of nitrogens with zero attached hydrogens (tertiary/aromatic N) is 2. The Kier molecular flexibility index (Phi) is 5.53. The van der Waals surface area contributed by atoms with Crippen molar-refractivity contribution in [3.05, 3.63) is 35.4 Å². The van der Waals surface area contributed by atoms with Gasteiger partial charge in [0.2, 0.25) is 5.78 Å². The van der Waals surface area contributed by atoms with E-state index in [0.717, 1.165) is 5.57 Å². The fraction of sp³-hybridized carbons (Fsp3) is 0.421. The standard InChI is InChI=1S/C19H21N3O7/c1-4-27-13(24)10-20-15-14(29-18(26)28-5-2)12(23)9-19(15)17(25)21-16-11(3)7-6-8-22(16)19/h6-8,20H,4-5,9-10H2,1-3H3. The van der Waals surface area contributed by atoms with Crippen LogP contribution in [0.2, 0.25) is 0 Å². The summed E-state index contributed by atoms with van der Waals surface area (Å²) in [5, 5.41) is 2.77. The van der Waals surface area contributed by atoms with Crippen molar-refractivity contribution in [1.29, 1.82) is 0 Å². The molecule has 1 unspecified atom stereocenters. The van der Waals surface area contributed by atoms with Crippen LogP contribution in [0.5, 0.6) is 0 Å². The van der Waals surface area contributed by atoms with Gasteiger partial charge < -0.3 is 24.4 Å². The summed E-state index contributed by atoms with van der Waals surface area (Å²) in [5.41, 5.74) is -0.853. The largest absolute Gasteiger partial charge is 0.514 e. The molecule has 0 fully saturated rings. The van der Waals surface area contributed by atoms with Crippen molar-refractivity contribution < 1.29 is 33.4 Å². The number of ether oxygens (including phenoxy) is 3. The topological polar surface area (TPSA) is 124 Å². The zero-order valence-corrected chi connectivity index (χ0v) is 16.3. The zero-order chi connectivity index (χ0) is 21.2. The second-order valence-corrected chi connectivity index (χ2v) is 6.41. The first-order valence-corrected chi connectivity index (χ1v) is 9.15. The summed E-state index contributed by atoms with van der Waals surface area (Å²) in [4.78, 5) is 55.1. The summed E-state index contributed by atoms with van der Waals surface area (Å²) >= 11 is 0. The van der Waals surface area contributed by atoms with E-state index in [9.17, 15) is 19.2 Å². The molecular weight excluding hydrogens is 382 g/mol. The summed E-state index contributed by atoms with van der Waals surface area (Å²) in [6, 6.07) is 0. The minimum atomic E-state index is -1.56. The lowest BCUT2D eigenvalue weighted by Gasteiger charge is -2.35. The summed E-state index contributed by atoms with van der Waals surface area (Å²) in [6.45, 7) is 4.90. The Balaban J connectivity index is 2.03. The molecule has 2 heterocycles. The molecule has 10 heteroatoms. The molecule has 0 radical (unpaired) electrons. The second kappa shape index (κ2) is 7.90. The Morgan fingerprint density at radius 2 is 1.97 bits per heavy atom. The summed E-state index contributed by atoms with van der Waals surface area (Å²) in [6.07, 6.45) is 3.72. The minimum absolute atomic E-state index is 0.0216. The molecule has 29 heavy (non-hydrogen) atoms. The van der Waals surface area contributed by atoms with Gasteiger partial charge in [-0.1, -0.05) is 6.08 Å². The van der Waals surface area contributed by atoms with E-state index in [1.165, 1.54) is 0 Å². The van der Waals surface area contributed by atoms with Crippen molar-refractivity contribution in [3.63, 3.8) is 0 Å². The van der Waals surface area contributed by atoms with Crippen LogP contribution in [0.1, 0.15) is 27.2 Å². The Morgan fingerprint density at radius 1 is 1.24 bits per heavy atom. The number of amidine groups is 1. The molecule has 3 rings (SSSR count). The number of amides is 1. The average Bonchev–Trinajstić information content (AvgIpc) is 3.10. The molecular formula is C19H21N3O7. The number of hydrogen-bond donors (Lipinski definition) is 1. The number of ketones is 1. The number of esters is 1. The maximum Gasteiger partial charge on any atom is 0.514 e. The van der Waals surface area contributed by atoms with Gasteiger partial charge in [0.05, 0.1) is 25.3 Å². The number of carbonyl (C=O) groups is 4. The maximum atomic E-state index is 13.0. The third-order valence-electron chi connectivity index (χ3n) is 4.61. The lowest BCUT2D eigenvalue weighted by Crippen LogP contribution is -2.53. The van der Waals surface area contributed by atoms with Crippen molar-refractivity contribution in [3.8, 4) is 0 Å². The van der Waals surface area contributed by atoms with Gasteiger partial charge in [-0.05, 0) is 32.4 Å². The van der Waals surface area contributed by atoms with Crippen molar-refractivity contribution in [1.82, 2.24) is 10.2 Å². The Labute approximate surface area is 166 Å². The molecule has 0 bridgehead atoms. The zero-order valence-electron chi connectivity index (χ0n) is 16.3. The fourth-order valence-corrected chi connectivity index (χ4v) is 3.40. The first-order chi connectivity index (χ1) is 13.8. The smallest absolute Gasteiger partial charge is 0.465 e. The van der Waals surface area contributed by atoms with E-state index in [1.54, 1.807) is 44.0 Å². The van der Waals surface area contributed by atoms with Crippen LogP contribution in [0, 0.1) is 0 Å². The van der Waals surface area contributed by atoms with Crippen molar-refractivity contribution in [2.75, 3.05) is 19.8 Å². The predicted octanol–water partition coefficient (Wildman–Crippen LogP) is 0.950. The third-order valence-corrected chi connectivity index (χ3v) is 4.61. The van der Waals surface area contributed by atoms with E-state index in [1.807, 2.05) is 0 Å². The highest BCUT2D eigenvalue weighted by Crippen LogP contribution is 2.43. The molecule has 0 aromatic rings. The van der Waals surface area contributed by atoms with Crippen LogP contribution in [0.25, 0.3) is 0 Å². The van der Waals surface area contributed by atoms with Crippen molar-refractivity contribution >= 4 is 29.7 Å². The van der Waals surface area contributed by atoms with Gasteiger partial charge in [-0.25, -0.2) is 4.79 Å². The molecule has 154 valence electrons. The summed E-state index contributed by atoms with van der Waals surface area (Å²) < 4.78 is 14.7. The number of fused-ring (bicyclic) bond motifs is 2. The average molecular weight is 403 g/mol. The fourth-order valence-electron chi connectivity index (χ4n) is 3.40. The number of nitrogens with one attached hydrogen (secondary N) is 1. The quantitative estimate of drug-likeness (QED) is 0.646. The van der Waals surface area contributed by atoms with E-state index in [2.05, 4.69) is 10.3 Å². The summed E-state index contributed by atoms with van der Waals surface area (Å²) in [5.74, 6) is -1.78. The highest BCUT2D eigenvalue weighted by molar-refractivity contribution is 6.19. The second-order valence-electron chi connectivity index (χ2n) is 6.41.